The SMILES string of the molecule is CCCC#CCCOC(CCC#N)OCCC#CCCC. The molecule has 0 rings (SSSR count). The highest BCUT2D eigenvalue weighted by atomic mass is 16.7. The highest BCUT2D eigenvalue weighted by molar-refractivity contribution is 4.98. The van der Waals surface area contributed by atoms with Crippen LogP contribution in [0.1, 0.15) is 65.2 Å². The van der Waals surface area contributed by atoms with E-state index in [9.17, 15) is 0 Å². The molecule has 0 unspecified atom stereocenters. The molecule has 21 heavy (non-hydrogen) atoms. The number of hydrogen-bond donors (Lipinski definition) is 0. The van der Waals surface area contributed by atoms with E-state index in [0.29, 0.717) is 38.9 Å². The molecule has 0 saturated heterocycles. The van der Waals surface area contributed by atoms with E-state index in [1.807, 2.05) is 0 Å². The maximum absolute atomic E-state index is 8.65. The van der Waals surface area contributed by atoms with Crippen molar-refractivity contribution in [3.63, 3.8) is 0 Å². The molecule has 3 heteroatoms. The summed E-state index contributed by atoms with van der Waals surface area (Å²) in [6.45, 7) is 5.32. The largest absolute Gasteiger partial charge is 0.352 e. The Kier molecular flexibility index (Phi) is 15.4. The number of rotatable bonds is 10. The van der Waals surface area contributed by atoms with E-state index in [-0.39, 0.29) is 6.29 Å². The molecule has 0 fully saturated rings. The second-order valence-corrected chi connectivity index (χ2v) is 4.58. The van der Waals surface area contributed by atoms with Crippen LogP contribution in [0, 0.1) is 35.0 Å². The fourth-order valence-electron chi connectivity index (χ4n) is 1.48. The summed E-state index contributed by atoms with van der Waals surface area (Å²) >= 11 is 0. The first-order valence-corrected chi connectivity index (χ1v) is 7.86. The molecular formula is C18H27NO2. The maximum Gasteiger partial charge on any atom is 0.158 e. The predicted molar refractivity (Wildman–Crippen MR) is 85.1 cm³/mol. The van der Waals surface area contributed by atoms with Crippen molar-refractivity contribution in [2.24, 2.45) is 0 Å². The Morgan fingerprint density at radius 2 is 1.24 bits per heavy atom. The molecule has 0 spiro atoms. The lowest BCUT2D eigenvalue weighted by Crippen LogP contribution is -2.18. The van der Waals surface area contributed by atoms with Gasteiger partial charge in [-0.15, -0.1) is 23.7 Å². The molecule has 0 heterocycles. The molecule has 0 N–H and O–H groups in total. The number of nitrogens with zero attached hydrogens (tertiary/aromatic N) is 1. The summed E-state index contributed by atoms with van der Waals surface area (Å²) in [5.74, 6) is 12.3. The minimum absolute atomic E-state index is 0.314. The fraction of sp³-hybridized carbons (Fsp3) is 0.722. The monoisotopic (exact) mass is 289 g/mol. The summed E-state index contributed by atoms with van der Waals surface area (Å²) < 4.78 is 11.3. The highest BCUT2D eigenvalue weighted by Crippen LogP contribution is 2.05. The van der Waals surface area contributed by atoms with Crippen LogP contribution < -0.4 is 0 Å². The molecule has 0 aliphatic heterocycles. The molecule has 0 radical (unpaired) electrons. The van der Waals surface area contributed by atoms with Gasteiger partial charge in [0.25, 0.3) is 0 Å². The first-order chi connectivity index (χ1) is 10.3. The molecular weight excluding hydrogens is 262 g/mol. The van der Waals surface area contributed by atoms with E-state index < -0.39 is 0 Å². The molecule has 0 aliphatic rings. The predicted octanol–water partition coefficient (Wildman–Crippen LogP) is 4.04. The Labute approximate surface area is 130 Å². The lowest BCUT2D eigenvalue weighted by molar-refractivity contribution is -0.142. The Morgan fingerprint density at radius 3 is 1.67 bits per heavy atom. The molecule has 0 saturated carbocycles. The summed E-state index contributed by atoms with van der Waals surface area (Å²) in [4.78, 5) is 0. The summed E-state index contributed by atoms with van der Waals surface area (Å²) in [6, 6.07) is 2.12. The van der Waals surface area contributed by atoms with Gasteiger partial charge in [-0.1, -0.05) is 13.8 Å². The first kappa shape index (κ1) is 19.5. The van der Waals surface area contributed by atoms with E-state index in [1.54, 1.807) is 0 Å². The highest BCUT2D eigenvalue weighted by Gasteiger charge is 2.08. The summed E-state index contributed by atoms with van der Waals surface area (Å²) in [7, 11) is 0. The van der Waals surface area contributed by atoms with Crippen molar-refractivity contribution < 1.29 is 9.47 Å². The summed E-state index contributed by atoms with van der Waals surface area (Å²) in [6.07, 6.45) is 6.18. The average Bonchev–Trinajstić information content (AvgIpc) is 2.50. The minimum Gasteiger partial charge on any atom is -0.352 e. The third-order valence-electron chi connectivity index (χ3n) is 2.55. The third kappa shape index (κ3) is 14.7. The number of hydrogen-bond acceptors (Lipinski definition) is 3. The van der Waals surface area contributed by atoms with E-state index in [1.165, 1.54) is 0 Å². The Balaban J connectivity index is 3.85. The van der Waals surface area contributed by atoms with E-state index in [4.69, 9.17) is 14.7 Å². The normalized spacial score (nSPS) is 9.43. The summed E-state index contributed by atoms with van der Waals surface area (Å²) in [5.41, 5.74) is 0. The molecule has 0 bridgehead atoms. The second kappa shape index (κ2) is 16.6. The molecule has 3 nitrogen and oxygen atoms in total. The van der Waals surface area contributed by atoms with Gasteiger partial charge in [-0.25, -0.2) is 0 Å². The van der Waals surface area contributed by atoms with Gasteiger partial charge in [-0.05, 0) is 12.8 Å². The first-order valence-electron chi connectivity index (χ1n) is 7.86. The van der Waals surface area contributed by atoms with Gasteiger partial charge in [0.1, 0.15) is 0 Å². The average molecular weight is 289 g/mol. The van der Waals surface area contributed by atoms with Crippen molar-refractivity contribution in [3.05, 3.63) is 0 Å². The number of ether oxygens (including phenoxy) is 2. The standard InChI is InChI=1S/C18H27NO2/c1-3-5-7-9-11-16-20-18(14-13-15-19)21-17-12-10-8-6-4-2/h18H,3-6,11-14,16-17H2,1-2H3. The van der Waals surface area contributed by atoms with Crippen molar-refractivity contribution in [2.75, 3.05) is 13.2 Å². The van der Waals surface area contributed by atoms with Crippen LogP contribution in [0.3, 0.4) is 0 Å². The Hall–Kier alpha value is -1.47. The smallest absolute Gasteiger partial charge is 0.158 e. The van der Waals surface area contributed by atoms with E-state index in [2.05, 4.69) is 43.6 Å². The van der Waals surface area contributed by atoms with Crippen LogP contribution in [-0.2, 0) is 9.47 Å². The molecule has 0 aromatic carbocycles. The minimum atomic E-state index is -0.314. The molecule has 116 valence electrons. The van der Waals surface area contributed by atoms with Crippen molar-refractivity contribution in [2.45, 2.75) is 71.5 Å². The van der Waals surface area contributed by atoms with Crippen LogP contribution in [0.4, 0.5) is 0 Å². The zero-order chi connectivity index (χ0) is 15.6. The van der Waals surface area contributed by atoms with Crippen molar-refractivity contribution in [3.8, 4) is 29.8 Å². The van der Waals surface area contributed by atoms with Crippen molar-refractivity contribution in [1.29, 1.82) is 5.26 Å². The van der Waals surface area contributed by atoms with Crippen molar-refractivity contribution in [1.82, 2.24) is 0 Å². The Bertz CT molecular complexity index is 359. The van der Waals surface area contributed by atoms with Gasteiger partial charge >= 0.3 is 0 Å². The number of unbranched alkanes of at least 4 members (excludes halogenated alkanes) is 2. The van der Waals surface area contributed by atoms with Crippen LogP contribution in [0.15, 0.2) is 0 Å². The van der Waals surface area contributed by atoms with Crippen LogP contribution in [0.25, 0.3) is 0 Å². The van der Waals surface area contributed by atoms with E-state index in [0.717, 1.165) is 25.7 Å². The number of nitriles is 1. The van der Waals surface area contributed by atoms with Gasteiger partial charge in [0.2, 0.25) is 0 Å². The molecule has 0 atom stereocenters. The van der Waals surface area contributed by atoms with E-state index >= 15 is 0 Å². The van der Waals surface area contributed by atoms with Crippen LogP contribution in [0.5, 0.6) is 0 Å². The zero-order valence-electron chi connectivity index (χ0n) is 13.4. The van der Waals surface area contributed by atoms with Gasteiger partial charge in [-0.3, -0.25) is 0 Å². The van der Waals surface area contributed by atoms with Crippen molar-refractivity contribution >= 4 is 0 Å². The fourth-order valence-corrected chi connectivity index (χ4v) is 1.48. The zero-order valence-corrected chi connectivity index (χ0v) is 13.4. The molecule has 0 aromatic rings. The van der Waals surface area contributed by atoms with Crippen LogP contribution >= 0.6 is 0 Å². The van der Waals surface area contributed by atoms with Crippen LogP contribution in [-0.4, -0.2) is 19.5 Å². The van der Waals surface area contributed by atoms with Gasteiger partial charge in [-0.2, -0.15) is 5.26 Å². The quantitative estimate of drug-likeness (QED) is 0.346. The van der Waals surface area contributed by atoms with Gasteiger partial charge < -0.3 is 9.47 Å². The second-order valence-electron chi connectivity index (χ2n) is 4.58. The molecule has 0 aliphatic carbocycles. The topological polar surface area (TPSA) is 42.2 Å². The Morgan fingerprint density at radius 1 is 0.762 bits per heavy atom. The molecule has 0 amide bonds. The lowest BCUT2D eigenvalue weighted by atomic mass is 10.3. The van der Waals surface area contributed by atoms with Gasteiger partial charge in [0.15, 0.2) is 6.29 Å². The lowest BCUT2D eigenvalue weighted by Gasteiger charge is -2.16. The molecule has 0 aromatic heterocycles. The van der Waals surface area contributed by atoms with Crippen LogP contribution in [0.2, 0.25) is 0 Å². The van der Waals surface area contributed by atoms with Gasteiger partial charge in [0.05, 0.1) is 19.3 Å². The van der Waals surface area contributed by atoms with Gasteiger partial charge in [0, 0.05) is 38.5 Å². The third-order valence-corrected chi connectivity index (χ3v) is 2.55. The maximum atomic E-state index is 8.65. The summed E-state index contributed by atoms with van der Waals surface area (Å²) in [5, 5.41) is 8.65.